The molecule has 0 aliphatic carbocycles. The van der Waals surface area contributed by atoms with Gasteiger partial charge in [-0.15, -0.1) is 0 Å². The fourth-order valence-corrected chi connectivity index (χ4v) is 4.33. The van der Waals surface area contributed by atoms with Crippen molar-refractivity contribution in [3.05, 3.63) is 59.7 Å². The molecule has 162 valence electrons. The summed E-state index contributed by atoms with van der Waals surface area (Å²) >= 11 is 0. The molecule has 0 N–H and O–H groups in total. The molecule has 1 aromatic heterocycles. The van der Waals surface area contributed by atoms with E-state index in [0.29, 0.717) is 12.5 Å². The molecule has 1 aliphatic rings. The smallest absolute Gasteiger partial charge is 0.321 e. The van der Waals surface area contributed by atoms with Crippen LogP contribution in [0.5, 0.6) is 0 Å². The number of amides is 1. The van der Waals surface area contributed by atoms with E-state index < -0.39 is 17.9 Å². The fraction of sp³-hybridized carbons (Fsp3) is 0.400. The number of anilines is 1. The average Bonchev–Trinajstić information content (AvgIpc) is 3.17. The summed E-state index contributed by atoms with van der Waals surface area (Å²) in [6.45, 7) is 6.71. The molecule has 2 aromatic carbocycles. The lowest BCUT2D eigenvalue weighted by atomic mass is 9.88. The summed E-state index contributed by atoms with van der Waals surface area (Å²) in [6.07, 6.45) is 2.70. The van der Waals surface area contributed by atoms with E-state index in [9.17, 15) is 9.59 Å². The predicted molar refractivity (Wildman–Crippen MR) is 121 cm³/mol. The van der Waals surface area contributed by atoms with Crippen molar-refractivity contribution in [3.8, 4) is 0 Å². The van der Waals surface area contributed by atoms with Crippen LogP contribution in [0.4, 0.5) is 5.95 Å². The van der Waals surface area contributed by atoms with Crippen LogP contribution < -0.4 is 4.90 Å². The first kappa shape index (κ1) is 21.1. The number of aromatic nitrogens is 2. The van der Waals surface area contributed by atoms with Gasteiger partial charge in [-0.1, -0.05) is 56.7 Å². The number of hydrogen-bond acceptors (Lipinski definition) is 4. The molecule has 1 amide bonds. The minimum absolute atomic E-state index is 0.233. The Morgan fingerprint density at radius 3 is 2.48 bits per heavy atom. The van der Waals surface area contributed by atoms with Gasteiger partial charge < -0.3 is 9.30 Å². The Hall–Kier alpha value is -3.15. The first-order valence-electron chi connectivity index (χ1n) is 11.1. The van der Waals surface area contributed by atoms with E-state index in [-0.39, 0.29) is 12.5 Å². The van der Waals surface area contributed by atoms with Gasteiger partial charge in [0.2, 0.25) is 11.9 Å². The van der Waals surface area contributed by atoms with Gasteiger partial charge in [-0.05, 0) is 43.0 Å². The molecule has 2 heterocycles. The van der Waals surface area contributed by atoms with E-state index in [1.54, 1.807) is 11.8 Å². The minimum atomic E-state index is -0.950. The number of carbonyl (C=O) groups is 2. The molecule has 0 spiro atoms. The quantitative estimate of drug-likeness (QED) is 0.417. The monoisotopic (exact) mass is 419 g/mol. The Kier molecular flexibility index (Phi) is 6.07. The summed E-state index contributed by atoms with van der Waals surface area (Å²) in [5.74, 6) is -1.07. The number of carbonyl (C=O) groups excluding carboxylic acids is 2. The number of esters is 1. The highest BCUT2D eigenvalue weighted by molar-refractivity contribution is 6.08. The van der Waals surface area contributed by atoms with Gasteiger partial charge in [0.25, 0.3) is 0 Å². The van der Waals surface area contributed by atoms with Crippen LogP contribution >= 0.6 is 0 Å². The second kappa shape index (κ2) is 8.92. The van der Waals surface area contributed by atoms with Crippen molar-refractivity contribution in [2.45, 2.75) is 46.1 Å². The van der Waals surface area contributed by atoms with Crippen LogP contribution in [0.3, 0.4) is 0 Å². The predicted octanol–water partition coefficient (Wildman–Crippen LogP) is 4.51. The number of nitrogens with zero attached hydrogens (tertiary/aromatic N) is 3. The first-order valence-corrected chi connectivity index (χ1v) is 11.1. The maximum absolute atomic E-state index is 13.7. The van der Waals surface area contributed by atoms with E-state index in [2.05, 4.69) is 30.5 Å². The van der Waals surface area contributed by atoms with Gasteiger partial charge in [0, 0.05) is 6.54 Å². The molecular weight excluding hydrogens is 390 g/mol. The van der Waals surface area contributed by atoms with Crippen molar-refractivity contribution in [2.75, 3.05) is 18.1 Å². The number of unbranched alkanes of at least 4 members (excludes halogenated alkanes) is 1. The summed E-state index contributed by atoms with van der Waals surface area (Å²) in [4.78, 5) is 33.2. The zero-order chi connectivity index (χ0) is 22.0. The largest absolute Gasteiger partial charge is 0.465 e. The second-order valence-electron chi connectivity index (χ2n) is 7.88. The number of imidazole rings is 1. The van der Waals surface area contributed by atoms with Gasteiger partial charge in [-0.25, -0.2) is 4.98 Å². The lowest BCUT2D eigenvalue weighted by molar-refractivity contribution is -0.153. The van der Waals surface area contributed by atoms with E-state index in [1.165, 1.54) is 5.56 Å². The molecular formula is C25H29N3O3. The maximum atomic E-state index is 13.7. The van der Waals surface area contributed by atoms with Crippen LogP contribution in [0.25, 0.3) is 11.0 Å². The molecule has 1 aliphatic heterocycles. The van der Waals surface area contributed by atoms with Crippen molar-refractivity contribution in [1.29, 1.82) is 0 Å². The number of rotatable bonds is 7. The van der Waals surface area contributed by atoms with Gasteiger partial charge in [0.05, 0.1) is 23.7 Å². The van der Waals surface area contributed by atoms with Crippen LogP contribution in [0.1, 0.15) is 50.8 Å². The lowest BCUT2D eigenvalue weighted by Crippen LogP contribution is -2.50. The van der Waals surface area contributed by atoms with E-state index in [1.807, 2.05) is 36.4 Å². The molecule has 0 radical (unpaired) electrons. The molecule has 0 saturated carbocycles. The zero-order valence-corrected chi connectivity index (χ0v) is 18.4. The Morgan fingerprint density at radius 1 is 1.06 bits per heavy atom. The fourth-order valence-electron chi connectivity index (χ4n) is 4.33. The van der Waals surface area contributed by atoms with Gasteiger partial charge in [-0.2, -0.15) is 0 Å². The molecule has 2 atom stereocenters. The number of aryl methyl sites for hydroxylation is 1. The van der Waals surface area contributed by atoms with Crippen LogP contribution in [-0.2, 0) is 20.7 Å². The van der Waals surface area contributed by atoms with Crippen molar-refractivity contribution in [2.24, 2.45) is 5.92 Å². The van der Waals surface area contributed by atoms with Crippen molar-refractivity contribution in [3.63, 3.8) is 0 Å². The third-order valence-corrected chi connectivity index (χ3v) is 5.95. The molecule has 6 heteroatoms. The molecule has 0 bridgehead atoms. The summed E-state index contributed by atoms with van der Waals surface area (Å²) in [5.41, 5.74) is 3.83. The number of benzene rings is 2. The number of fused-ring (bicyclic) bond motifs is 3. The second-order valence-corrected chi connectivity index (χ2v) is 7.88. The van der Waals surface area contributed by atoms with Crippen LogP contribution in [0, 0.1) is 5.92 Å². The number of ether oxygens (including phenoxy) is 1. The van der Waals surface area contributed by atoms with Crippen molar-refractivity contribution in [1.82, 2.24) is 9.55 Å². The Balaban J connectivity index is 1.95. The van der Waals surface area contributed by atoms with Gasteiger partial charge in [0.15, 0.2) is 5.92 Å². The third kappa shape index (κ3) is 3.71. The Labute approximate surface area is 182 Å². The molecule has 0 fully saturated rings. The van der Waals surface area contributed by atoms with Gasteiger partial charge >= 0.3 is 5.97 Å². The SMILES string of the molecule is CCCCN1C(=O)[C@H](C(=O)OCC)[C@@H](c2ccc(CC)cc2)n2c1nc1ccccc12. The minimum Gasteiger partial charge on any atom is -0.465 e. The van der Waals surface area contributed by atoms with E-state index >= 15 is 0 Å². The van der Waals surface area contributed by atoms with E-state index in [4.69, 9.17) is 9.72 Å². The highest BCUT2D eigenvalue weighted by Crippen LogP contribution is 2.41. The molecule has 0 saturated heterocycles. The molecule has 31 heavy (non-hydrogen) atoms. The van der Waals surface area contributed by atoms with Crippen LogP contribution in [-0.4, -0.2) is 34.6 Å². The van der Waals surface area contributed by atoms with Crippen molar-refractivity contribution < 1.29 is 14.3 Å². The Morgan fingerprint density at radius 2 is 1.81 bits per heavy atom. The molecule has 4 rings (SSSR count). The molecule has 6 nitrogen and oxygen atoms in total. The van der Waals surface area contributed by atoms with Crippen LogP contribution in [0.15, 0.2) is 48.5 Å². The van der Waals surface area contributed by atoms with Crippen LogP contribution in [0.2, 0.25) is 0 Å². The highest BCUT2D eigenvalue weighted by atomic mass is 16.5. The first-order chi connectivity index (χ1) is 15.1. The summed E-state index contributed by atoms with van der Waals surface area (Å²) in [6, 6.07) is 15.5. The standard InChI is InChI=1S/C25H29N3O3/c1-4-7-16-27-23(29)21(24(30)31-6-3)22(18-14-12-17(5-2)13-15-18)28-20-11-9-8-10-19(20)26-25(27)28/h8-15,21-22H,4-7,16H2,1-3H3/t21-,22-/m1/s1. The Bertz CT molecular complexity index is 1090. The highest BCUT2D eigenvalue weighted by Gasteiger charge is 2.47. The third-order valence-electron chi connectivity index (χ3n) is 5.95. The molecule has 3 aromatic rings. The lowest BCUT2D eigenvalue weighted by Gasteiger charge is -2.38. The molecule has 0 unspecified atom stereocenters. The summed E-state index contributed by atoms with van der Waals surface area (Å²) in [5, 5.41) is 0. The average molecular weight is 420 g/mol. The summed E-state index contributed by atoms with van der Waals surface area (Å²) < 4.78 is 7.44. The van der Waals surface area contributed by atoms with Gasteiger partial charge in [0.1, 0.15) is 0 Å². The van der Waals surface area contributed by atoms with Gasteiger partial charge in [-0.3, -0.25) is 14.5 Å². The van der Waals surface area contributed by atoms with E-state index in [0.717, 1.165) is 35.9 Å². The van der Waals surface area contributed by atoms with Crippen molar-refractivity contribution >= 4 is 28.9 Å². The summed E-state index contributed by atoms with van der Waals surface area (Å²) in [7, 11) is 0. The maximum Gasteiger partial charge on any atom is 0.321 e. The topological polar surface area (TPSA) is 64.4 Å². The normalized spacial score (nSPS) is 18.3. The number of para-hydroxylation sites is 2. The number of hydrogen-bond donors (Lipinski definition) is 0. The zero-order valence-electron chi connectivity index (χ0n) is 18.4.